The van der Waals surface area contributed by atoms with Crippen LogP contribution in [0.5, 0.6) is 0 Å². The SMILES string of the molecule is NC(=O)OC1CCN(S(=O)(=O)C2CC2)CC1. The Hall–Kier alpha value is -0.820. The molecule has 1 saturated heterocycles. The molecular weight excluding hydrogens is 232 g/mol. The van der Waals surface area contributed by atoms with E-state index in [2.05, 4.69) is 0 Å². The van der Waals surface area contributed by atoms with Crippen LogP contribution in [-0.2, 0) is 14.8 Å². The number of sulfonamides is 1. The van der Waals surface area contributed by atoms with Crippen LogP contribution >= 0.6 is 0 Å². The topological polar surface area (TPSA) is 89.7 Å². The Bertz CT molecular complexity index is 369. The van der Waals surface area contributed by atoms with Crippen molar-refractivity contribution in [3.8, 4) is 0 Å². The molecule has 6 nitrogen and oxygen atoms in total. The Balaban J connectivity index is 1.87. The van der Waals surface area contributed by atoms with Gasteiger partial charge < -0.3 is 10.5 Å². The molecule has 0 spiro atoms. The third-order valence-electron chi connectivity index (χ3n) is 2.99. The molecule has 16 heavy (non-hydrogen) atoms. The number of nitrogens with two attached hydrogens (primary N) is 1. The molecule has 1 heterocycles. The van der Waals surface area contributed by atoms with E-state index in [-0.39, 0.29) is 11.4 Å². The minimum atomic E-state index is -3.08. The fourth-order valence-electron chi connectivity index (χ4n) is 1.95. The first kappa shape index (κ1) is 11.7. The van der Waals surface area contributed by atoms with Crippen LogP contribution in [0, 0.1) is 0 Å². The molecule has 1 aliphatic carbocycles. The summed E-state index contributed by atoms with van der Waals surface area (Å²) in [5.74, 6) is 0. The number of rotatable bonds is 3. The van der Waals surface area contributed by atoms with Gasteiger partial charge in [0, 0.05) is 13.1 Å². The van der Waals surface area contributed by atoms with E-state index in [0.29, 0.717) is 25.9 Å². The molecule has 0 radical (unpaired) electrons. The quantitative estimate of drug-likeness (QED) is 0.763. The average molecular weight is 248 g/mol. The highest BCUT2D eigenvalue weighted by atomic mass is 32.2. The number of carbonyl (C=O) groups is 1. The van der Waals surface area contributed by atoms with E-state index in [9.17, 15) is 13.2 Å². The molecule has 2 aliphatic rings. The summed E-state index contributed by atoms with van der Waals surface area (Å²) in [6.45, 7) is 0.855. The molecule has 0 unspecified atom stereocenters. The second-order valence-electron chi connectivity index (χ2n) is 4.28. The van der Waals surface area contributed by atoms with Gasteiger partial charge in [-0.2, -0.15) is 0 Å². The maximum atomic E-state index is 11.9. The van der Waals surface area contributed by atoms with Crippen molar-refractivity contribution in [3.63, 3.8) is 0 Å². The highest BCUT2D eigenvalue weighted by Gasteiger charge is 2.41. The van der Waals surface area contributed by atoms with Crippen molar-refractivity contribution in [2.45, 2.75) is 37.0 Å². The molecule has 1 aliphatic heterocycles. The second-order valence-corrected chi connectivity index (χ2v) is 6.49. The summed E-state index contributed by atoms with van der Waals surface area (Å²) < 4.78 is 30.1. The van der Waals surface area contributed by atoms with Crippen molar-refractivity contribution in [2.24, 2.45) is 5.73 Å². The Morgan fingerprint density at radius 1 is 1.19 bits per heavy atom. The number of primary amides is 1. The maximum Gasteiger partial charge on any atom is 0.404 e. The Morgan fingerprint density at radius 3 is 2.19 bits per heavy atom. The zero-order chi connectivity index (χ0) is 11.8. The summed E-state index contributed by atoms with van der Waals surface area (Å²) in [5.41, 5.74) is 4.91. The molecule has 1 amide bonds. The van der Waals surface area contributed by atoms with Crippen molar-refractivity contribution in [3.05, 3.63) is 0 Å². The molecule has 0 bridgehead atoms. The minimum absolute atomic E-state index is 0.166. The van der Waals surface area contributed by atoms with Gasteiger partial charge in [0.05, 0.1) is 5.25 Å². The summed E-state index contributed by atoms with van der Waals surface area (Å²) in [4.78, 5) is 10.5. The van der Waals surface area contributed by atoms with Gasteiger partial charge in [0.1, 0.15) is 6.10 Å². The minimum Gasteiger partial charge on any atom is -0.446 e. The van der Waals surface area contributed by atoms with Gasteiger partial charge in [-0.3, -0.25) is 0 Å². The van der Waals surface area contributed by atoms with Crippen LogP contribution in [0.4, 0.5) is 4.79 Å². The summed E-state index contributed by atoms with van der Waals surface area (Å²) in [6, 6.07) is 0. The van der Waals surface area contributed by atoms with Crippen LogP contribution in [0.3, 0.4) is 0 Å². The molecule has 0 atom stereocenters. The number of carbonyl (C=O) groups excluding carboxylic acids is 1. The summed E-state index contributed by atoms with van der Waals surface area (Å²) in [7, 11) is -3.08. The zero-order valence-electron chi connectivity index (χ0n) is 8.96. The average Bonchev–Trinajstić information content (AvgIpc) is 3.00. The molecule has 92 valence electrons. The van der Waals surface area contributed by atoms with Crippen molar-refractivity contribution in [1.29, 1.82) is 0 Å². The molecule has 2 N–H and O–H groups in total. The van der Waals surface area contributed by atoms with Crippen molar-refractivity contribution < 1.29 is 17.9 Å². The number of nitrogens with zero attached hydrogens (tertiary/aromatic N) is 1. The molecule has 2 fully saturated rings. The summed E-state index contributed by atoms with van der Waals surface area (Å²) in [5, 5.41) is -0.166. The number of amides is 1. The summed E-state index contributed by atoms with van der Waals surface area (Å²) in [6.07, 6.45) is 1.61. The molecule has 0 aromatic heterocycles. The molecule has 0 aromatic carbocycles. The monoisotopic (exact) mass is 248 g/mol. The highest BCUT2D eigenvalue weighted by molar-refractivity contribution is 7.90. The number of hydrogen-bond acceptors (Lipinski definition) is 4. The lowest BCUT2D eigenvalue weighted by Gasteiger charge is -2.30. The van der Waals surface area contributed by atoms with Gasteiger partial charge in [-0.15, -0.1) is 0 Å². The fourth-order valence-corrected chi connectivity index (χ4v) is 3.82. The van der Waals surface area contributed by atoms with Crippen LogP contribution in [0.15, 0.2) is 0 Å². The summed E-state index contributed by atoms with van der Waals surface area (Å²) >= 11 is 0. The maximum absolute atomic E-state index is 11.9. The second kappa shape index (κ2) is 4.21. The van der Waals surface area contributed by atoms with Gasteiger partial charge in [-0.05, 0) is 25.7 Å². The van der Waals surface area contributed by atoms with Crippen molar-refractivity contribution >= 4 is 16.1 Å². The van der Waals surface area contributed by atoms with E-state index < -0.39 is 16.1 Å². The smallest absolute Gasteiger partial charge is 0.404 e. The van der Waals surface area contributed by atoms with Gasteiger partial charge in [0.2, 0.25) is 10.0 Å². The number of hydrogen-bond donors (Lipinski definition) is 1. The van der Waals surface area contributed by atoms with Crippen molar-refractivity contribution in [2.75, 3.05) is 13.1 Å². The molecular formula is C9H16N2O4S. The third-order valence-corrected chi connectivity index (χ3v) is 5.39. The lowest BCUT2D eigenvalue weighted by molar-refractivity contribution is 0.0741. The number of ether oxygens (including phenoxy) is 1. The largest absolute Gasteiger partial charge is 0.446 e. The predicted molar refractivity (Wildman–Crippen MR) is 57.2 cm³/mol. The lowest BCUT2D eigenvalue weighted by Crippen LogP contribution is -2.43. The molecule has 1 saturated carbocycles. The number of piperidine rings is 1. The van der Waals surface area contributed by atoms with E-state index in [1.165, 1.54) is 4.31 Å². The first-order chi connectivity index (χ1) is 7.50. The Labute approximate surface area is 94.8 Å². The first-order valence-corrected chi connectivity index (χ1v) is 6.95. The van der Waals surface area contributed by atoms with Gasteiger partial charge in [0.15, 0.2) is 0 Å². The van der Waals surface area contributed by atoms with E-state index in [1.54, 1.807) is 0 Å². The van der Waals surface area contributed by atoms with Crippen LogP contribution in [0.2, 0.25) is 0 Å². The van der Waals surface area contributed by atoms with E-state index in [0.717, 1.165) is 12.8 Å². The lowest BCUT2D eigenvalue weighted by atomic mass is 10.1. The predicted octanol–water partition coefficient (Wildman–Crippen LogP) is 0.0383. The van der Waals surface area contributed by atoms with E-state index >= 15 is 0 Å². The van der Waals surface area contributed by atoms with Gasteiger partial charge in [-0.25, -0.2) is 17.5 Å². The Morgan fingerprint density at radius 2 is 1.75 bits per heavy atom. The van der Waals surface area contributed by atoms with E-state index in [1.807, 2.05) is 0 Å². The highest BCUT2D eigenvalue weighted by Crippen LogP contribution is 2.32. The van der Waals surface area contributed by atoms with Crippen molar-refractivity contribution in [1.82, 2.24) is 4.31 Å². The van der Waals surface area contributed by atoms with Crippen LogP contribution in [0.25, 0.3) is 0 Å². The van der Waals surface area contributed by atoms with Gasteiger partial charge in [0.25, 0.3) is 0 Å². The molecule has 2 rings (SSSR count). The first-order valence-electron chi connectivity index (χ1n) is 5.45. The van der Waals surface area contributed by atoms with Crippen LogP contribution in [-0.4, -0.2) is 43.3 Å². The normalized spacial score (nSPS) is 24.2. The molecule has 7 heteroatoms. The zero-order valence-corrected chi connectivity index (χ0v) is 9.78. The standard InChI is InChI=1S/C9H16N2O4S/c10-9(12)15-7-3-5-11(6-4-7)16(13,14)8-1-2-8/h7-8H,1-6H2,(H2,10,12). The van der Waals surface area contributed by atoms with Gasteiger partial charge >= 0.3 is 6.09 Å². The van der Waals surface area contributed by atoms with Crippen LogP contribution in [0.1, 0.15) is 25.7 Å². The third kappa shape index (κ3) is 2.46. The van der Waals surface area contributed by atoms with Crippen LogP contribution < -0.4 is 5.73 Å². The van der Waals surface area contributed by atoms with E-state index in [4.69, 9.17) is 10.5 Å². The fraction of sp³-hybridized carbons (Fsp3) is 0.889. The Kier molecular flexibility index (Phi) is 3.07. The van der Waals surface area contributed by atoms with Gasteiger partial charge in [-0.1, -0.05) is 0 Å². The molecule has 0 aromatic rings.